The Morgan fingerprint density at radius 2 is 1.90 bits per heavy atom. The molecular formula is C17H18Br2FN. The molecule has 0 heterocycles. The van der Waals surface area contributed by atoms with Crippen molar-refractivity contribution >= 4 is 31.9 Å². The lowest BCUT2D eigenvalue weighted by Gasteiger charge is -2.21. The second-order valence-corrected chi connectivity index (χ2v) is 6.75. The maximum absolute atomic E-state index is 14.2. The molecule has 2 aromatic rings. The second kappa shape index (κ2) is 8.06. The number of nitrogens with one attached hydrogen (secondary N) is 1. The largest absolute Gasteiger partial charge is 0.310 e. The van der Waals surface area contributed by atoms with Crippen LogP contribution in [0.15, 0.2) is 51.4 Å². The maximum atomic E-state index is 14.2. The van der Waals surface area contributed by atoms with Crippen LogP contribution in [-0.2, 0) is 6.42 Å². The fourth-order valence-corrected chi connectivity index (χ4v) is 3.40. The van der Waals surface area contributed by atoms with Gasteiger partial charge in [-0.25, -0.2) is 4.39 Å². The summed E-state index contributed by atoms with van der Waals surface area (Å²) in [6.45, 7) is 2.97. The molecule has 0 aliphatic heterocycles. The van der Waals surface area contributed by atoms with E-state index in [0.29, 0.717) is 5.56 Å². The first-order chi connectivity index (χ1) is 10.1. The lowest BCUT2D eigenvalue weighted by atomic mass is 9.98. The Bertz CT molecular complexity index is 581. The van der Waals surface area contributed by atoms with Gasteiger partial charge >= 0.3 is 0 Å². The summed E-state index contributed by atoms with van der Waals surface area (Å²) in [4.78, 5) is 0. The highest BCUT2D eigenvalue weighted by atomic mass is 79.9. The van der Waals surface area contributed by atoms with Crippen LogP contribution in [-0.4, -0.2) is 6.54 Å². The highest BCUT2D eigenvalue weighted by molar-refractivity contribution is 9.10. The molecule has 112 valence electrons. The molecule has 0 radical (unpaired) electrons. The summed E-state index contributed by atoms with van der Waals surface area (Å²) in [5.74, 6) is -0.173. The van der Waals surface area contributed by atoms with Crippen molar-refractivity contribution in [2.45, 2.75) is 25.8 Å². The minimum atomic E-state index is -0.173. The summed E-state index contributed by atoms with van der Waals surface area (Å²) in [5, 5.41) is 3.45. The maximum Gasteiger partial charge on any atom is 0.129 e. The van der Waals surface area contributed by atoms with Crippen molar-refractivity contribution in [1.82, 2.24) is 5.32 Å². The van der Waals surface area contributed by atoms with E-state index >= 15 is 0 Å². The minimum absolute atomic E-state index is 0.0465. The van der Waals surface area contributed by atoms with Gasteiger partial charge in [-0.3, -0.25) is 0 Å². The third-order valence-corrected chi connectivity index (χ3v) is 4.50. The van der Waals surface area contributed by atoms with E-state index in [1.54, 1.807) is 6.07 Å². The van der Waals surface area contributed by atoms with Gasteiger partial charge in [0.25, 0.3) is 0 Å². The molecule has 0 saturated heterocycles. The molecule has 0 aliphatic carbocycles. The lowest BCUT2D eigenvalue weighted by molar-refractivity contribution is 0.495. The van der Waals surface area contributed by atoms with E-state index in [1.165, 1.54) is 11.6 Å². The molecule has 1 atom stereocenters. The van der Waals surface area contributed by atoms with Crippen LogP contribution in [0.4, 0.5) is 4.39 Å². The Labute approximate surface area is 142 Å². The fourth-order valence-electron chi connectivity index (χ4n) is 2.34. The number of rotatable bonds is 6. The van der Waals surface area contributed by atoms with Crippen LogP contribution < -0.4 is 5.32 Å². The Morgan fingerprint density at radius 3 is 2.57 bits per heavy atom. The van der Waals surface area contributed by atoms with Gasteiger partial charge in [-0.1, -0.05) is 57.0 Å². The highest BCUT2D eigenvalue weighted by Gasteiger charge is 2.18. The molecule has 1 nitrogen and oxygen atoms in total. The summed E-state index contributed by atoms with van der Waals surface area (Å²) in [7, 11) is 0. The highest BCUT2D eigenvalue weighted by Crippen LogP contribution is 2.29. The third-order valence-electron chi connectivity index (χ3n) is 3.32. The van der Waals surface area contributed by atoms with Crippen LogP contribution in [0, 0.1) is 5.82 Å². The van der Waals surface area contributed by atoms with Crippen LogP contribution in [0.5, 0.6) is 0 Å². The SMILES string of the molecule is CCCNC(Cc1cccc(Br)c1)c1c(F)cccc1Br. The standard InChI is InChI=1S/C17H18Br2FN/c1-2-9-21-16(11-12-5-3-6-13(18)10-12)17-14(19)7-4-8-15(17)20/h3-8,10,16,21H,2,9,11H2,1H3. The number of benzene rings is 2. The molecule has 0 spiro atoms. The normalized spacial score (nSPS) is 12.4. The van der Waals surface area contributed by atoms with Crippen LogP contribution >= 0.6 is 31.9 Å². The number of halogens is 3. The lowest BCUT2D eigenvalue weighted by Crippen LogP contribution is -2.25. The van der Waals surface area contributed by atoms with Crippen molar-refractivity contribution in [3.8, 4) is 0 Å². The van der Waals surface area contributed by atoms with Gasteiger partial charge in [0.15, 0.2) is 0 Å². The molecule has 2 aromatic carbocycles. The quantitative estimate of drug-likeness (QED) is 0.645. The number of hydrogen-bond acceptors (Lipinski definition) is 1. The Morgan fingerprint density at radius 1 is 1.14 bits per heavy atom. The fraction of sp³-hybridized carbons (Fsp3) is 0.294. The average molecular weight is 415 g/mol. The van der Waals surface area contributed by atoms with Gasteiger partial charge < -0.3 is 5.32 Å². The third kappa shape index (κ3) is 4.63. The first-order valence-electron chi connectivity index (χ1n) is 7.03. The first-order valence-corrected chi connectivity index (χ1v) is 8.62. The molecule has 0 amide bonds. The summed E-state index contributed by atoms with van der Waals surface area (Å²) >= 11 is 6.96. The van der Waals surface area contributed by atoms with E-state index in [1.807, 2.05) is 18.2 Å². The summed E-state index contributed by atoms with van der Waals surface area (Å²) < 4.78 is 16.1. The summed E-state index contributed by atoms with van der Waals surface area (Å²) in [5.41, 5.74) is 1.87. The van der Waals surface area contributed by atoms with Crippen molar-refractivity contribution < 1.29 is 4.39 Å². The Hall–Kier alpha value is -0.710. The topological polar surface area (TPSA) is 12.0 Å². The monoisotopic (exact) mass is 413 g/mol. The molecule has 0 aliphatic rings. The van der Waals surface area contributed by atoms with E-state index in [4.69, 9.17) is 0 Å². The second-order valence-electron chi connectivity index (χ2n) is 4.98. The van der Waals surface area contributed by atoms with Gasteiger partial charge in [0.1, 0.15) is 5.82 Å². The van der Waals surface area contributed by atoms with Crippen LogP contribution in [0.1, 0.15) is 30.5 Å². The van der Waals surface area contributed by atoms with Crippen molar-refractivity contribution in [3.63, 3.8) is 0 Å². The van der Waals surface area contributed by atoms with Crippen molar-refractivity contribution in [2.24, 2.45) is 0 Å². The smallest absolute Gasteiger partial charge is 0.129 e. The Kier molecular flexibility index (Phi) is 6.40. The first kappa shape index (κ1) is 16.7. The zero-order chi connectivity index (χ0) is 15.2. The Balaban J connectivity index is 2.30. The molecule has 0 saturated carbocycles. The molecular weight excluding hydrogens is 397 g/mol. The van der Waals surface area contributed by atoms with E-state index < -0.39 is 0 Å². The molecule has 1 N–H and O–H groups in total. The molecule has 0 aromatic heterocycles. The minimum Gasteiger partial charge on any atom is -0.310 e. The van der Waals surface area contributed by atoms with E-state index in [9.17, 15) is 4.39 Å². The van der Waals surface area contributed by atoms with Crippen LogP contribution in [0.3, 0.4) is 0 Å². The van der Waals surface area contributed by atoms with Crippen LogP contribution in [0.2, 0.25) is 0 Å². The summed E-state index contributed by atoms with van der Waals surface area (Å²) in [6.07, 6.45) is 1.76. The zero-order valence-electron chi connectivity index (χ0n) is 11.9. The number of hydrogen-bond donors (Lipinski definition) is 1. The van der Waals surface area contributed by atoms with E-state index in [0.717, 1.165) is 28.3 Å². The molecule has 4 heteroatoms. The predicted octanol–water partition coefficient (Wildman–Crippen LogP) is 5.63. The van der Waals surface area contributed by atoms with Gasteiger partial charge in [-0.15, -0.1) is 0 Å². The van der Waals surface area contributed by atoms with Crippen LogP contribution in [0.25, 0.3) is 0 Å². The molecule has 2 rings (SSSR count). The predicted molar refractivity (Wildman–Crippen MR) is 93.0 cm³/mol. The van der Waals surface area contributed by atoms with Gasteiger partial charge in [0.2, 0.25) is 0 Å². The van der Waals surface area contributed by atoms with E-state index in [2.05, 4.69) is 56.2 Å². The molecule has 1 unspecified atom stereocenters. The summed E-state index contributed by atoms with van der Waals surface area (Å²) in [6, 6.07) is 13.2. The molecule has 21 heavy (non-hydrogen) atoms. The van der Waals surface area contributed by atoms with Crippen molar-refractivity contribution in [3.05, 3.63) is 68.4 Å². The van der Waals surface area contributed by atoms with Gasteiger partial charge in [0, 0.05) is 20.6 Å². The molecule has 0 fully saturated rings. The van der Waals surface area contributed by atoms with Gasteiger partial charge in [-0.05, 0) is 49.2 Å². The van der Waals surface area contributed by atoms with Crippen molar-refractivity contribution in [1.29, 1.82) is 0 Å². The van der Waals surface area contributed by atoms with Gasteiger partial charge in [0.05, 0.1) is 0 Å². The van der Waals surface area contributed by atoms with Crippen molar-refractivity contribution in [2.75, 3.05) is 6.54 Å². The average Bonchev–Trinajstić information content (AvgIpc) is 2.44. The van der Waals surface area contributed by atoms with Gasteiger partial charge in [-0.2, -0.15) is 0 Å². The molecule has 0 bridgehead atoms. The van der Waals surface area contributed by atoms with E-state index in [-0.39, 0.29) is 11.9 Å². The zero-order valence-corrected chi connectivity index (χ0v) is 15.0.